The number of benzene rings is 3. The summed E-state index contributed by atoms with van der Waals surface area (Å²) >= 11 is 0. The molecule has 0 unspecified atom stereocenters. The summed E-state index contributed by atoms with van der Waals surface area (Å²) in [5.41, 5.74) is 3.91. The third-order valence-corrected chi connectivity index (χ3v) is 3.09. The minimum atomic E-state index is 0. The second-order valence-electron chi connectivity index (χ2n) is 4.40. The smallest absolute Gasteiger partial charge is 0.0103 e. The Bertz CT molecular complexity index is 657. The molecule has 0 saturated carbocycles. The molecule has 0 saturated heterocycles. The summed E-state index contributed by atoms with van der Waals surface area (Å²) in [6.45, 7) is 2.15. The van der Waals surface area contributed by atoms with Crippen LogP contribution in [-0.4, -0.2) is 0 Å². The fourth-order valence-electron chi connectivity index (χ4n) is 2.32. The zero-order valence-electron chi connectivity index (χ0n) is 10.6. The molecule has 0 aliphatic heterocycles. The standard InChI is InChI=1S/C17H14.H3N/c1-13-11-15-9-5-6-10-16(15)17(12-13)14-7-3-2-4-8-14;/h2-12H,1H3;1H3. The molecule has 90 valence electrons. The van der Waals surface area contributed by atoms with Gasteiger partial charge in [-0.15, -0.1) is 0 Å². The average Bonchev–Trinajstić information content (AvgIpc) is 2.39. The van der Waals surface area contributed by atoms with E-state index in [0.717, 1.165) is 0 Å². The van der Waals surface area contributed by atoms with Gasteiger partial charge < -0.3 is 6.15 Å². The van der Waals surface area contributed by atoms with E-state index < -0.39 is 0 Å². The zero-order chi connectivity index (χ0) is 11.7. The fraction of sp³-hybridized carbons (Fsp3) is 0.0588. The van der Waals surface area contributed by atoms with Gasteiger partial charge in [-0.1, -0.05) is 66.7 Å². The number of hydrogen-bond donors (Lipinski definition) is 1. The molecule has 0 aliphatic carbocycles. The van der Waals surface area contributed by atoms with Gasteiger partial charge in [0.05, 0.1) is 0 Å². The first-order chi connectivity index (χ1) is 8.34. The van der Waals surface area contributed by atoms with Crippen molar-refractivity contribution >= 4 is 10.8 Å². The van der Waals surface area contributed by atoms with Crippen molar-refractivity contribution in [2.45, 2.75) is 6.92 Å². The normalized spacial score (nSPS) is 10.1. The first kappa shape index (κ1) is 12.3. The molecule has 3 aromatic rings. The highest BCUT2D eigenvalue weighted by molar-refractivity contribution is 5.97. The van der Waals surface area contributed by atoms with Gasteiger partial charge in [0.15, 0.2) is 0 Å². The molecule has 0 aliphatic rings. The van der Waals surface area contributed by atoms with E-state index in [1.807, 2.05) is 0 Å². The largest absolute Gasteiger partial charge is 0.344 e. The molecule has 0 amide bonds. The van der Waals surface area contributed by atoms with Crippen molar-refractivity contribution in [1.29, 1.82) is 0 Å². The summed E-state index contributed by atoms with van der Waals surface area (Å²) < 4.78 is 0. The molecule has 3 N–H and O–H groups in total. The molecule has 18 heavy (non-hydrogen) atoms. The first-order valence-electron chi connectivity index (χ1n) is 5.89. The number of hydrogen-bond acceptors (Lipinski definition) is 1. The Morgan fingerprint density at radius 1 is 0.722 bits per heavy atom. The third kappa shape index (κ3) is 2.13. The van der Waals surface area contributed by atoms with Crippen molar-refractivity contribution in [3.05, 3.63) is 72.3 Å². The fourth-order valence-corrected chi connectivity index (χ4v) is 2.32. The van der Waals surface area contributed by atoms with Gasteiger partial charge in [0.1, 0.15) is 0 Å². The van der Waals surface area contributed by atoms with Crippen LogP contribution in [0, 0.1) is 6.92 Å². The van der Waals surface area contributed by atoms with Crippen LogP contribution in [0.25, 0.3) is 21.9 Å². The summed E-state index contributed by atoms with van der Waals surface area (Å²) in [5, 5.41) is 2.63. The van der Waals surface area contributed by atoms with Crippen LogP contribution in [0.15, 0.2) is 66.7 Å². The Labute approximate surface area is 108 Å². The Hall–Kier alpha value is -2.12. The Morgan fingerprint density at radius 3 is 2.17 bits per heavy atom. The SMILES string of the molecule is Cc1cc(-c2ccccc2)c2ccccc2c1.N. The average molecular weight is 235 g/mol. The second kappa shape index (κ2) is 5.03. The number of aryl methyl sites for hydroxylation is 1. The van der Waals surface area contributed by atoms with Gasteiger partial charge in [-0.25, -0.2) is 0 Å². The summed E-state index contributed by atoms with van der Waals surface area (Å²) in [4.78, 5) is 0. The first-order valence-corrected chi connectivity index (χ1v) is 5.89. The molecule has 0 aromatic heterocycles. The molecule has 0 bridgehead atoms. The highest BCUT2D eigenvalue weighted by Gasteiger charge is 2.03. The Morgan fingerprint density at radius 2 is 1.39 bits per heavy atom. The summed E-state index contributed by atoms with van der Waals surface area (Å²) in [6.07, 6.45) is 0. The van der Waals surface area contributed by atoms with Crippen LogP contribution >= 0.6 is 0 Å². The maximum absolute atomic E-state index is 2.26. The monoisotopic (exact) mass is 235 g/mol. The number of fused-ring (bicyclic) bond motifs is 1. The Kier molecular flexibility index (Phi) is 3.45. The maximum Gasteiger partial charge on any atom is -0.0103 e. The lowest BCUT2D eigenvalue weighted by atomic mass is 9.96. The van der Waals surface area contributed by atoms with Crippen molar-refractivity contribution in [2.24, 2.45) is 0 Å². The lowest BCUT2D eigenvalue weighted by Crippen LogP contribution is -1.83. The van der Waals surface area contributed by atoms with E-state index in [9.17, 15) is 0 Å². The van der Waals surface area contributed by atoms with E-state index in [4.69, 9.17) is 0 Å². The van der Waals surface area contributed by atoms with E-state index >= 15 is 0 Å². The van der Waals surface area contributed by atoms with Crippen LogP contribution in [0.4, 0.5) is 0 Å². The molecule has 0 atom stereocenters. The van der Waals surface area contributed by atoms with Gasteiger partial charge in [-0.2, -0.15) is 0 Å². The van der Waals surface area contributed by atoms with Crippen molar-refractivity contribution in [3.63, 3.8) is 0 Å². The lowest BCUT2D eigenvalue weighted by Gasteiger charge is -2.08. The van der Waals surface area contributed by atoms with E-state index in [0.29, 0.717) is 0 Å². The molecule has 0 radical (unpaired) electrons. The molecular weight excluding hydrogens is 218 g/mol. The summed E-state index contributed by atoms with van der Waals surface area (Å²) in [7, 11) is 0. The van der Waals surface area contributed by atoms with Crippen molar-refractivity contribution in [2.75, 3.05) is 0 Å². The van der Waals surface area contributed by atoms with Gasteiger partial charge in [-0.3, -0.25) is 0 Å². The van der Waals surface area contributed by atoms with Crippen molar-refractivity contribution in [1.82, 2.24) is 6.15 Å². The minimum Gasteiger partial charge on any atom is -0.344 e. The highest BCUT2D eigenvalue weighted by atomic mass is 14.1. The van der Waals surface area contributed by atoms with Crippen molar-refractivity contribution in [3.8, 4) is 11.1 Å². The van der Waals surface area contributed by atoms with Crippen LogP contribution < -0.4 is 6.15 Å². The van der Waals surface area contributed by atoms with Gasteiger partial charge >= 0.3 is 0 Å². The molecular formula is C17H17N. The van der Waals surface area contributed by atoms with Gasteiger partial charge in [0.25, 0.3) is 0 Å². The molecule has 3 rings (SSSR count). The Balaban J connectivity index is 0.00000120. The second-order valence-corrected chi connectivity index (χ2v) is 4.40. The maximum atomic E-state index is 2.26. The molecule has 1 heteroatoms. The molecule has 3 aromatic carbocycles. The molecule has 0 heterocycles. The van der Waals surface area contributed by atoms with E-state index in [1.165, 1.54) is 27.5 Å². The van der Waals surface area contributed by atoms with Crippen LogP contribution in [0.2, 0.25) is 0 Å². The van der Waals surface area contributed by atoms with Gasteiger partial charge in [0.2, 0.25) is 0 Å². The molecule has 0 spiro atoms. The minimum absolute atomic E-state index is 0. The predicted octanol–water partition coefficient (Wildman–Crippen LogP) is 4.98. The van der Waals surface area contributed by atoms with Gasteiger partial charge in [-0.05, 0) is 34.4 Å². The third-order valence-electron chi connectivity index (χ3n) is 3.09. The van der Waals surface area contributed by atoms with Crippen LogP contribution in [-0.2, 0) is 0 Å². The summed E-state index contributed by atoms with van der Waals surface area (Å²) in [6, 6.07) is 23.6. The van der Waals surface area contributed by atoms with E-state index in [2.05, 4.69) is 73.7 Å². The lowest BCUT2D eigenvalue weighted by molar-refractivity contribution is 1.50. The quantitative estimate of drug-likeness (QED) is 0.634. The highest BCUT2D eigenvalue weighted by Crippen LogP contribution is 2.29. The molecule has 0 fully saturated rings. The topological polar surface area (TPSA) is 35.0 Å². The zero-order valence-corrected chi connectivity index (χ0v) is 10.6. The van der Waals surface area contributed by atoms with Gasteiger partial charge in [0, 0.05) is 0 Å². The summed E-state index contributed by atoms with van der Waals surface area (Å²) in [5.74, 6) is 0. The van der Waals surface area contributed by atoms with Crippen LogP contribution in [0.1, 0.15) is 5.56 Å². The van der Waals surface area contributed by atoms with Crippen molar-refractivity contribution < 1.29 is 0 Å². The predicted molar refractivity (Wildman–Crippen MR) is 79.1 cm³/mol. The van der Waals surface area contributed by atoms with Crippen LogP contribution in [0.3, 0.4) is 0 Å². The van der Waals surface area contributed by atoms with E-state index in [1.54, 1.807) is 0 Å². The molecule has 1 nitrogen and oxygen atoms in total. The van der Waals surface area contributed by atoms with Crippen LogP contribution in [0.5, 0.6) is 0 Å². The van der Waals surface area contributed by atoms with E-state index in [-0.39, 0.29) is 6.15 Å². The number of rotatable bonds is 1.